The first-order chi connectivity index (χ1) is 10.7. The Bertz CT molecular complexity index is 404. The summed E-state index contributed by atoms with van der Waals surface area (Å²) in [5.74, 6) is -0.189. The minimum atomic E-state index is -0.189. The number of carbonyl (C=O) groups is 1. The quantitative estimate of drug-likeness (QED) is 0.465. The van der Waals surface area contributed by atoms with Gasteiger partial charge in [-0.3, -0.25) is 4.79 Å². The molecular formula is C18H29NO3. The minimum Gasteiger partial charge on any atom is -0.460 e. The summed E-state index contributed by atoms with van der Waals surface area (Å²) in [6.45, 7) is 10.4. The van der Waals surface area contributed by atoms with E-state index in [0.717, 1.165) is 31.6 Å². The zero-order valence-corrected chi connectivity index (χ0v) is 14.1. The van der Waals surface area contributed by atoms with E-state index in [0.29, 0.717) is 19.6 Å². The fourth-order valence-corrected chi connectivity index (χ4v) is 2.17. The molecule has 0 spiro atoms. The van der Waals surface area contributed by atoms with Crippen molar-refractivity contribution in [2.45, 2.75) is 39.7 Å². The van der Waals surface area contributed by atoms with Crippen LogP contribution in [0.3, 0.4) is 0 Å². The molecule has 1 unspecified atom stereocenters. The zero-order valence-electron chi connectivity index (χ0n) is 14.1. The Morgan fingerprint density at radius 1 is 1.14 bits per heavy atom. The van der Waals surface area contributed by atoms with Gasteiger partial charge in [-0.1, -0.05) is 51.1 Å². The number of likely N-dealkylation sites (N-methyl/N-ethyl adjacent to an activating group) is 1. The molecule has 22 heavy (non-hydrogen) atoms. The number of nitrogens with zero attached hydrogens (tertiary/aromatic N) is 1. The molecule has 0 saturated heterocycles. The zero-order chi connectivity index (χ0) is 16.2. The van der Waals surface area contributed by atoms with Crippen molar-refractivity contribution >= 4 is 5.97 Å². The van der Waals surface area contributed by atoms with Crippen LogP contribution in [0.15, 0.2) is 30.3 Å². The van der Waals surface area contributed by atoms with Gasteiger partial charge in [0.1, 0.15) is 6.10 Å². The van der Waals surface area contributed by atoms with Gasteiger partial charge in [0, 0.05) is 6.54 Å². The van der Waals surface area contributed by atoms with E-state index in [9.17, 15) is 4.79 Å². The van der Waals surface area contributed by atoms with Crippen molar-refractivity contribution in [1.82, 2.24) is 4.90 Å². The number of benzene rings is 1. The average molecular weight is 307 g/mol. The highest BCUT2D eigenvalue weighted by Crippen LogP contribution is 2.05. The Hall–Kier alpha value is -1.39. The van der Waals surface area contributed by atoms with E-state index in [-0.39, 0.29) is 12.1 Å². The molecule has 1 aromatic rings. The van der Waals surface area contributed by atoms with Gasteiger partial charge in [0.05, 0.1) is 19.6 Å². The Balaban J connectivity index is 2.25. The lowest BCUT2D eigenvalue weighted by atomic mass is 10.1. The molecule has 0 heterocycles. The molecule has 1 aromatic carbocycles. The summed E-state index contributed by atoms with van der Waals surface area (Å²) in [6, 6.07) is 9.66. The van der Waals surface area contributed by atoms with Crippen LogP contribution in [0, 0.1) is 0 Å². The third-order valence-electron chi connectivity index (χ3n) is 3.69. The van der Waals surface area contributed by atoms with Crippen molar-refractivity contribution in [3.05, 3.63) is 35.9 Å². The smallest absolute Gasteiger partial charge is 0.310 e. The van der Waals surface area contributed by atoms with Gasteiger partial charge in [0.15, 0.2) is 0 Å². The molecule has 1 atom stereocenters. The van der Waals surface area contributed by atoms with Gasteiger partial charge in [0.2, 0.25) is 0 Å². The van der Waals surface area contributed by atoms with E-state index in [2.05, 4.69) is 18.7 Å². The largest absolute Gasteiger partial charge is 0.460 e. The van der Waals surface area contributed by atoms with Crippen LogP contribution in [0.25, 0.3) is 0 Å². The summed E-state index contributed by atoms with van der Waals surface area (Å²) in [7, 11) is 0. The molecule has 0 bridgehead atoms. The fraction of sp³-hybridized carbons (Fsp3) is 0.611. The summed E-state index contributed by atoms with van der Waals surface area (Å²) in [6.07, 6.45) is 0.927. The molecule has 0 radical (unpaired) electrons. The van der Waals surface area contributed by atoms with Crippen molar-refractivity contribution < 1.29 is 14.3 Å². The average Bonchev–Trinajstić information content (AvgIpc) is 2.54. The van der Waals surface area contributed by atoms with Crippen LogP contribution in [-0.4, -0.2) is 49.8 Å². The van der Waals surface area contributed by atoms with Crippen LogP contribution in [0.2, 0.25) is 0 Å². The van der Waals surface area contributed by atoms with Crippen LogP contribution in [0.1, 0.15) is 32.8 Å². The second-order valence-corrected chi connectivity index (χ2v) is 5.28. The first kappa shape index (κ1) is 18.7. The molecule has 1 rings (SSSR count). The molecule has 124 valence electrons. The highest BCUT2D eigenvalue weighted by Gasteiger charge is 2.13. The third-order valence-corrected chi connectivity index (χ3v) is 3.69. The third kappa shape index (κ3) is 7.57. The first-order valence-corrected chi connectivity index (χ1v) is 8.23. The Morgan fingerprint density at radius 2 is 1.82 bits per heavy atom. The van der Waals surface area contributed by atoms with E-state index in [1.54, 1.807) is 0 Å². The van der Waals surface area contributed by atoms with Crippen molar-refractivity contribution in [2.75, 3.05) is 32.8 Å². The maximum Gasteiger partial charge on any atom is 0.310 e. The van der Waals surface area contributed by atoms with Gasteiger partial charge < -0.3 is 14.4 Å². The van der Waals surface area contributed by atoms with E-state index in [4.69, 9.17) is 9.47 Å². The van der Waals surface area contributed by atoms with Crippen LogP contribution >= 0.6 is 0 Å². The topological polar surface area (TPSA) is 38.8 Å². The van der Waals surface area contributed by atoms with Gasteiger partial charge in [-0.15, -0.1) is 0 Å². The van der Waals surface area contributed by atoms with Gasteiger partial charge >= 0.3 is 5.97 Å². The summed E-state index contributed by atoms with van der Waals surface area (Å²) in [4.78, 5) is 14.2. The number of hydrogen-bond acceptors (Lipinski definition) is 4. The summed E-state index contributed by atoms with van der Waals surface area (Å²) in [5.41, 5.74) is 0.977. The maximum absolute atomic E-state index is 11.9. The standard InChI is InChI=1S/C18H29NO3/c1-4-17(15-21-13-12-19(5-2)6-3)22-18(20)14-16-10-8-7-9-11-16/h7-11,17H,4-6,12-15H2,1-3H3. The van der Waals surface area contributed by atoms with Crippen molar-refractivity contribution in [2.24, 2.45) is 0 Å². The molecule has 0 aliphatic carbocycles. The Morgan fingerprint density at radius 3 is 2.41 bits per heavy atom. The molecule has 0 amide bonds. The Kier molecular flexibility index (Phi) is 9.51. The molecule has 0 aliphatic heterocycles. The van der Waals surface area contributed by atoms with Crippen LogP contribution < -0.4 is 0 Å². The van der Waals surface area contributed by atoms with Crippen LogP contribution in [-0.2, 0) is 20.7 Å². The van der Waals surface area contributed by atoms with E-state index in [1.807, 2.05) is 37.3 Å². The molecular weight excluding hydrogens is 278 g/mol. The Labute approximate surface area is 134 Å². The van der Waals surface area contributed by atoms with Gasteiger partial charge in [0.25, 0.3) is 0 Å². The lowest BCUT2D eigenvalue weighted by molar-refractivity contribution is -0.151. The second-order valence-electron chi connectivity index (χ2n) is 5.28. The van der Waals surface area contributed by atoms with Crippen molar-refractivity contribution in [1.29, 1.82) is 0 Å². The number of hydrogen-bond donors (Lipinski definition) is 0. The molecule has 0 N–H and O–H groups in total. The number of ether oxygens (including phenoxy) is 2. The van der Waals surface area contributed by atoms with Gasteiger partial charge in [-0.25, -0.2) is 0 Å². The first-order valence-electron chi connectivity index (χ1n) is 8.23. The summed E-state index contributed by atoms with van der Waals surface area (Å²) >= 11 is 0. The van der Waals surface area contributed by atoms with E-state index in [1.165, 1.54) is 0 Å². The molecule has 4 heteroatoms. The molecule has 0 aliphatic rings. The van der Waals surface area contributed by atoms with Crippen LogP contribution in [0.5, 0.6) is 0 Å². The number of rotatable bonds is 11. The SMILES string of the molecule is CCC(COCCN(CC)CC)OC(=O)Cc1ccccc1. The lowest BCUT2D eigenvalue weighted by Crippen LogP contribution is -2.29. The molecule has 0 aromatic heterocycles. The van der Waals surface area contributed by atoms with Crippen LogP contribution in [0.4, 0.5) is 0 Å². The maximum atomic E-state index is 11.9. The van der Waals surface area contributed by atoms with Gasteiger partial charge in [-0.05, 0) is 25.1 Å². The molecule has 0 saturated carbocycles. The van der Waals surface area contributed by atoms with Gasteiger partial charge in [-0.2, -0.15) is 0 Å². The lowest BCUT2D eigenvalue weighted by Gasteiger charge is -2.20. The highest BCUT2D eigenvalue weighted by atomic mass is 16.6. The predicted octanol–water partition coefficient (Wildman–Crippen LogP) is 2.91. The highest BCUT2D eigenvalue weighted by molar-refractivity contribution is 5.72. The van der Waals surface area contributed by atoms with Crippen molar-refractivity contribution in [3.63, 3.8) is 0 Å². The normalized spacial score (nSPS) is 12.4. The molecule has 4 nitrogen and oxygen atoms in total. The second kappa shape index (κ2) is 11.2. The predicted molar refractivity (Wildman–Crippen MR) is 88.9 cm³/mol. The monoisotopic (exact) mass is 307 g/mol. The molecule has 0 fully saturated rings. The summed E-state index contributed by atoms with van der Waals surface area (Å²) < 4.78 is 11.1. The number of esters is 1. The van der Waals surface area contributed by atoms with Crippen molar-refractivity contribution in [3.8, 4) is 0 Å². The summed E-state index contributed by atoms with van der Waals surface area (Å²) in [5, 5.41) is 0. The number of carbonyl (C=O) groups excluding carboxylic acids is 1. The fourth-order valence-electron chi connectivity index (χ4n) is 2.17. The minimum absolute atomic E-state index is 0.159. The van der Waals surface area contributed by atoms with E-state index >= 15 is 0 Å². The van der Waals surface area contributed by atoms with E-state index < -0.39 is 0 Å².